The summed E-state index contributed by atoms with van der Waals surface area (Å²) in [5.74, 6) is -0.0614. The van der Waals surface area contributed by atoms with Gasteiger partial charge < -0.3 is 14.9 Å². The van der Waals surface area contributed by atoms with Crippen molar-refractivity contribution < 1.29 is 14.4 Å². The first-order valence-electron chi connectivity index (χ1n) is 7.45. The lowest BCUT2D eigenvalue weighted by Crippen LogP contribution is -2.44. The van der Waals surface area contributed by atoms with E-state index in [9.17, 15) is 4.79 Å². The van der Waals surface area contributed by atoms with Gasteiger partial charge in [-0.2, -0.15) is 0 Å². The van der Waals surface area contributed by atoms with Gasteiger partial charge in [-0.25, -0.2) is 0 Å². The highest BCUT2D eigenvalue weighted by atomic mass is 16.6. The van der Waals surface area contributed by atoms with Crippen LogP contribution in [0.5, 0.6) is 0 Å². The smallest absolute Gasteiger partial charge is 0.264 e. The molecule has 2 aliphatic heterocycles. The Bertz CT molecular complexity index is 510. The van der Waals surface area contributed by atoms with E-state index < -0.39 is 6.10 Å². The fraction of sp³-hybridized carbons (Fsp3) is 0.500. The quantitative estimate of drug-likeness (QED) is 0.917. The molecule has 1 atom stereocenters. The highest BCUT2D eigenvalue weighted by molar-refractivity contribution is 5.94. The van der Waals surface area contributed by atoms with Crippen LogP contribution in [0.4, 0.5) is 0 Å². The van der Waals surface area contributed by atoms with Crippen LogP contribution >= 0.6 is 0 Å². The molecule has 3 rings (SSSR count). The standard InChI is InChI=1S/C16H20N2O3/c19-16(17-13-6-8-20-9-7-13)15-11-14(18-21-15)10-12-4-2-1-3-5-12/h1-5,13,15H,6-11H2,(H,17,19)/t15-/m0/s1. The van der Waals surface area contributed by atoms with Crippen LogP contribution in [-0.2, 0) is 20.8 Å². The second-order valence-corrected chi connectivity index (χ2v) is 5.51. The normalized spacial score (nSPS) is 22.5. The van der Waals surface area contributed by atoms with E-state index in [4.69, 9.17) is 9.57 Å². The topological polar surface area (TPSA) is 59.9 Å². The zero-order valence-electron chi connectivity index (χ0n) is 12.0. The van der Waals surface area contributed by atoms with Crippen molar-refractivity contribution in [3.63, 3.8) is 0 Å². The van der Waals surface area contributed by atoms with Crippen LogP contribution in [0.1, 0.15) is 24.8 Å². The summed E-state index contributed by atoms with van der Waals surface area (Å²) >= 11 is 0. The molecular weight excluding hydrogens is 268 g/mol. The number of amides is 1. The second kappa shape index (κ2) is 6.72. The Morgan fingerprint density at radius 3 is 2.76 bits per heavy atom. The lowest BCUT2D eigenvalue weighted by molar-refractivity contribution is -0.132. The van der Waals surface area contributed by atoms with E-state index in [0.717, 1.165) is 25.0 Å². The van der Waals surface area contributed by atoms with E-state index in [1.807, 2.05) is 18.2 Å². The molecule has 1 saturated heterocycles. The Morgan fingerprint density at radius 2 is 2.00 bits per heavy atom. The monoisotopic (exact) mass is 288 g/mol. The summed E-state index contributed by atoms with van der Waals surface area (Å²) in [4.78, 5) is 17.4. The summed E-state index contributed by atoms with van der Waals surface area (Å²) in [6, 6.07) is 10.3. The second-order valence-electron chi connectivity index (χ2n) is 5.51. The molecule has 1 fully saturated rings. The highest BCUT2D eigenvalue weighted by Gasteiger charge is 2.29. The van der Waals surface area contributed by atoms with Gasteiger partial charge in [0.1, 0.15) is 0 Å². The molecule has 2 heterocycles. The first-order valence-corrected chi connectivity index (χ1v) is 7.45. The van der Waals surface area contributed by atoms with Crippen LogP contribution in [0.3, 0.4) is 0 Å². The van der Waals surface area contributed by atoms with Gasteiger partial charge in [-0.1, -0.05) is 35.5 Å². The van der Waals surface area contributed by atoms with E-state index in [-0.39, 0.29) is 11.9 Å². The Balaban J connectivity index is 1.47. The molecule has 0 bridgehead atoms. The van der Waals surface area contributed by atoms with Crippen LogP contribution < -0.4 is 5.32 Å². The number of nitrogens with one attached hydrogen (secondary N) is 1. The highest BCUT2D eigenvalue weighted by Crippen LogP contribution is 2.16. The van der Waals surface area contributed by atoms with Crippen molar-refractivity contribution >= 4 is 11.6 Å². The lowest BCUT2D eigenvalue weighted by atomic mass is 10.0. The summed E-state index contributed by atoms with van der Waals surface area (Å²) < 4.78 is 5.29. The predicted octanol–water partition coefficient (Wildman–Crippen LogP) is 1.67. The molecule has 0 aliphatic carbocycles. The molecular formula is C16H20N2O3. The molecule has 0 unspecified atom stereocenters. The van der Waals surface area contributed by atoms with Crippen molar-refractivity contribution in [3.05, 3.63) is 35.9 Å². The van der Waals surface area contributed by atoms with Crippen molar-refractivity contribution in [2.45, 2.75) is 37.8 Å². The van der Waals surface area contributed by atoms with Gasteiger partial charge >= 0.3 is 0 Å². The van der Waals surface area contributed by atoms with Crippen LogP contribution in [0.2, 0.25) is 0 Å². The molecule has 21 heavy (non-hydrogen) atoms. The van der Waals surface area contributed by atoms with E-state index >= 15 is 0 Å². The van der Waals surface area contributed by atoms with Gasteiger partial charge in [0.2, 0.25) is 6.10 Å². The van der Waals surface area contributed by atoms with Crippen molar-refractivity contribution in [1.82, 2.24) is 5.32 Å². The Kier molecular flexibility index (Phi) is 4.50. The fourth-order valence-corrected chi connectivity index (χ4v) is 2.64. The maximum absolute atomic E-state index is 12.2. The third-order valence-corrected chi connectivity index (χ3v) is 3.84. The minimum Gasteiger partial charge on any atom is -0.382 e. The van der Waals surface area contributed by atoms with Gasteiger partial charge in [0.15, 0.2) is 0 Å². The van der Waals surface area contributed by atoms with E-state index in [1.54, 1.807) is 0 Å². The zero-order chi connectivity index (χ0) is 14.5. The summed E-state index contributed by atoms with van der Waals surface area (Å²) in [5, 5.41) is 7.09. The fourth-order valence-electron chi connectivity index (χ4n) is 2.64. The van der Waals surface area contributed by atoms with Gasteiger partial charge in [-0.3, -0.25) is 4.79 Å². The third-order valence-electron chi connectivity index (χ3n) is 3.84. The molecule has 0 spiro atoms. The van der Waals surface area contributed by atoms with Crippen LogP contribution in [-0.4, -0.2) is 37.0 Å². The SMILES string of the molecule is O=C(NC1CCOCC1)[C@@H]1CC(Cc2ccccc2)=NO1. The van der Waals surface area contributed by atoms with E-state index in [1.165, 1.54) is 5.56 Å². The number of rotatable bonds is 4. The third kappa shape index (κ3) is 3.82. The Morgan fingerprint density at radius 1 is 1.24 bits per heavy atom. The zero-order valence-corrected chi connectivity index (χ0v) is 12.0. The largest absolute Gasteiger partial charge is 0.382 e. The van der Waals surface area contributed by atoms with Crippen molar-refractivity contribution in [1.29, 1.82) is 0 Å². The van der Waals surface area contributed by atoms with Crippen molar-refractivity contribution in [2.75, 3.05) is 13.2 Å². The molecule has 112 valence electrons. The number of carbonyl (C=O) groups excluding carboxylic acids is 1. The summed E-state index contributed by atoms with van der Waals surface area (Å²) in [7, 11) is 0. The molecule has 0 aromatic heterocycles. The molecule has 2 aliphatic rings. The predicted molar refractivity (Wildman–Crippen MR) is 79.1 cm³/mol. The molecule has 0 radical (unpaired) electrons. The number of hydrogen-bond donors (Lipinski definition) is 1. The number of ether oxygens (including phenoxy) is 1. The number of carbonyl (C=O) groups is 1. The number of oxime groups is 1. The molecule has 1 aromatic carbocycles. The maximum Gasteiger partial charge on any atom is 0.264 e. The average molecular weight is 288 g/mol. The van der Waals surface area contributed by atoms with E-state index in [2.05, 4.69) is 22.6 Å². The van der Waals surface area contributed by atoms with Crippen LogP contribution in [0.15, 0.2) is 35.5 Å². The Labute approximate surface area is 124 Å². The first kappa shape index (κ1) is 14.1. The molecule has 5 nitrogen and oxygen atoms in total. The summed E-state index contributed by atoms with van der Waals surface area (Å²) in [6.07, 6.45) is 2.57. The van der Waals surface area contributed by atoms with Gasteiger partial charge in [0.05, 0.1) is 5.71 Å². The maximum atomic E-state index is 12.2. The average Bonchev–Trinajstić information content (AvgIpc) is 2.98. The number of benzene rings is 1. The number of hydrogen-bond acceptors (Lipinski definition) is 4. The Hall–Kier alpha value is -1.88. The van der Waals surface area contributed by atoms with Crippen molar-refractivity contribution in [2.24, 2.45) is 5.16 Å². The minimum absolute atomic E-state index is 0.0614. The van der Waals surface area contributed by atoms with E-state index in [0.29, 0.717) is 19.6 Å². The van der Waals surface area contributed by atoms with Gasteiger partial charge in [0, 0.05) is 32.1 Å². The van der Waals surface area contributed by atoms with Gasteiger partial charge in [-0.15, -0.1) is 0 Å². The molecule has 1 amide bonds. The van der Waals surface area contributed by atoms with Gasteiger partial charge in [-0.05, 0) is 18.4 Å². The van der Waals surface area contributed by atoms with Gasteiger partial charge in [0.25, 0.3) is 5.91 Å². The molecule has 1 aromatic rings. The van der Waals surface area contributed by atoms with Crippen LogP contribution in [0.25, 0.3) is 0 Å². The van der Waals surface area contributed by atoms with Crippen LogP contribution in [0, 0.1) is 0 Å². The first-order chi connectivity index (χ1) is 10.3. The summed E-state index contributed by atoms with van der Waals surface area (Å²) in [6.45, 7) is 1.43. The number of nitrogens with zero attached hydrogens (tertiary/aromatic N) is 1. The lowest BCUT2D eigenvalue weighted by Gasteiger charge is -2.23. The molecule has 0 saturated carbocycles. The minimum atomic E-state index is -0.480. The molecule has 1 N–H and O–H groups in total. The molecule has 5 heteroatoms. The van der Waals surface area contributed by atoms with Crippen molar-refractivity contribution in [3.8, 4) is 0 Å². The summed E-state index contributed by atoms with van der Waals surface area (Å²) in [5.41, 5.74) is 2.11.